The molecule has 0 saturated heterocycles. The lowest BCUT2D eigenvalue weighted by atomic mass is 9.73. The normalized spacial score (nSPS) is 18.1. The largest absolute Gasteiger partial charge is 0.309 e. The summed E-state index contributed by atoms with van der Waals surface area (Å²) in [7, 11) is 2.29. The highest BCUT2D eigenvalue weighted by atomic mass is 32.2. The zero-order valence-corrected chi connectivity index (χ0v) is 22.0. The molecule has 1 atom stereocenters. The standard InChI is InChI=1S/C26H38N4O2S/c1-18(2)15-24-25(19(3)30(8)27-24)28-33(31,32)23-11-9-20(10-12-23)21-13-14-26(4,5)22(16-21)17-29(6)7/h9-14,16,18,22,28H,15,17H2,1-8H3. The van der Waals surface area contributed by atoms with Crippen molar-refractivity contribution in [2.45, 2.75) is 45.9 Å². The SMILES string of the molecule is Cc1c(NS(=O)(=O)c2ccc(C3=CC(CN(C)C)C(C)(C)C=C3)cc2)c(CC(C)C)nn1C. The Balaban J connectivity index is 1.86. The molecule has 0 aliphatic heterocycles. The van der Waals surface area contributed by atoms with E-state index < -0.39 is 10.0 Å². The van der Waals surface area contributed by atoms with E-state index >= 15 is 0 Å². The number of anilines is 1. The van der Waals surface area contributed by atoms with Gasteiger partial charge in [-0.2, -0.15) is 5.10 Å². The second-order valence-electron chi connectivity index (χ2n) is 10.4. The van der Waals surface area contributed by atoms with Crippen molar-refractivity contribution in [3.8, 4) is 0 Å². The molecule has 0 spiro atoms. The van der Waals surface area contributed by atoms with Crippen molar-refractivity contribution in [1.82, 2.24) is 14.7 Å². The lowest BCUT2D eigenvalue weighted by molar-refractivity contribution is 0.254. The van der Waals surface area contributed by atoms with Crippen LogP contribution in [-0.4, -0.2) is 43.7 Å². The van der Waals surface area contributed by atoms with E-state index in [9.17, 15) is 8.42 Å². The van der Waals surface area contributed by atoms with Crippen LogP contribution in [-0.2, 0) is 23.5 Å². The zero-order chi connectivity index (χ0) is 24.6. The van der Waals surface area contributed by atoms with E-state index in [0.29, 0.717) is 23.9 Å². The molecule has 1 heterocycles. The molecular formula is C26H38N4O2S. The van der Waals surface area contributed by atoms with Crippen LogP contribution >= 0.6 is 0 Å². The highest BCUT2D eigenvalue weighted by Crippen LogP contribution is 2.37. The molecule has 1 N–H and O–H groups in total. The summed E-state index contributed by atoms with van der Waals surface area (Å²) in [5.74, 6) is 0.755. The lowest BCUT2D eigenvalue weighted by Crippen LogP contribution is -2.32. The molecular weight excluding hydrogens is 432 g/mol. The first-order valence-electron chi connectivity index (χ1n) is 11.5. The lowest BCUT2D eigenvalue weighted by Gasteiger charge is -2.35. The summed E-state index contributed by atoms with van der Waals surface area (Å²) in [4.78, 5) is 2.45. The monoisotopic (exact) mass is 470 g/mol. The molecule has 1 unspecified atom stereocenters. The molecule has 0 saturated carbocycles. The summed E-state index contributed by atoms with van der Waals surface area (Å²) in [5.41, 5.74) is 4.39. The molecule has 1 aromatic heterocycles. The van der Waals surface area contributed by atoms with Gasteiger partial charge in [-0.05, 0) is 68.0 Å². The van der Waals surface area contributed by atoms with E-state index in [2.05, 4.69) is 74.7 Å². The van der Waals surface area contributed by atoms with Gasteiger partial charge in [-0.3, -0.25) is 9.40 Å². The van der Waals surface area contributed by atoms with Crippen LogP contribution < -0.4 is 4.72 Å². The van der Waals surface area contributed by atoms with Gasteiger partial charge in [0.25, 0.3) is 10.0 Å². The number of nitrogens with one attached hydrogen (secondary N) is 1. The van der Waals surface area contributed by atoms with Crippen molar-refractivity contribution in [3.63, 3.8) is 0 Å². The molecule has 0 fully saturated rings. The van der Waals surface area contributed by atoms with E-state index in [-0.39, 0.29) is 10.3 Å². The summed E-state index contributed by atoms with van der Waals surface area (Å²) in [5, 5.41) is 4.51. The summed E-state index contributed by atoms with van der Waals surface area (Å²) >= 11 is 0. The summed E-state index contributed by atoms with van der Waals surface area (Å²) in [6.45, 7) is 11.5. The van der Waals surface area contributed by atoms with Crippen molar-refractivity contribution in [2.24, 2.45) is 24.3 Å². The molecule has 33 heavy (non-hydrogen) atoms. The van der Waals surface area contributed by atoms with Crippen molar-refractivity contribution >= 4 is 21.3 Å². The van der Waals surface area contributed by atoms with E-state index in [0.717, 1.165) is 29.1 Å². The fraction of sp³-hybridized carbons (Fsp3) is 0.500. The van der Waals surface area contributed by atoms with Crippen molar-refractivity contribution in [3.05, 3.63) is 59.4 Å². The minimum atomic E-state index is -3.72. The van der Waals surface area contributed by atoms with Gasteiger partial charge < -0.3 is 4.90 Å². The number of nitrogens with zero attached hydrogens (tertiary/aromatic N) is 3. The number of aryl methyl sites for hydroxylation is 1. The van der Waals surface area contributed by atoms with Gasteiger partial charge in [0.2, 0.25) is 0 Å². The number of hydrogen-bond donors (Lipinski definition) is 1. The van der Waals surface area contributed by atoms with Crippen LogP contribution in [0.4, 0.5) is 5.69 Å². The fourth-order valence-electron chi connectivity index (χ4n) is 4.15. The second-order valence-corrected chi connectivity index (χ2v) is 12.1. The van der Waals surface area contributed by atoms with E-state index in [1.165, 1.54) is 0 Å². The van der Waals surface area contributed by atoms with Crippen LogP contribution in [0, 0.1) is 24.2 Å². The van der Waals surface area contributed by atoms with Gasteiger partial charge in [0.1, 0.15) is 0 Å². The molecule has 1 aliphatic rings. The Labute approximate surface area is 199 Å². The third-order valence-electron chi connectivity index (χ3n) is 6.33. The third-order valence-corrected chi connectivity index (χ3v) is 7.70. The number of allylic oxidation sites excluding steroid dienone is 3. The van der Waals surface area contributed by atoms with Crippen molar-refractivity contribution in [1.29, 1.82) is 0 Å². The second kappa shape index (κ2) is 9.47. The Hall–Kier alpha value is -2.38. The Morgan fingerprint density at radius 3 is 2.39 bits per heavy atom. The van der Waals surface area contributed by atoms with Crippen LogP contribution in [0.5, 0.6) is 0 Å². The van der Waals surface area contributed by atoms with Gasteiger partial charge in [-0.15, -0.1) is 0 Å². The maximum absolute atomic E-state index is 13.2. The summed E-state index contributed by atoms with van der Waals surface area (Å²) < 4.78 is 30.8. The molecule has 2 aromatic rings. The molecule has 1 aromatic carbocycles. The first kappa shape index (κ1) is 25.2. The number of benzene rings is 1. The predicted octanol–water partition coefficient (Wildman–Crippen LogP) is 4.89. The Morgan fingerprint density at radius 2 is 1.82 bits per heavy atom. The molecule has 0 radical (unpaired) electrons. The number of sulfonamides is 1. The summed E-state index contributed by atoms with van der Waals surface area (Å²) in [6, 6.07) is 7.14. The summed E-state index contributed by atoms with van der Waals surface area (Å²) in [6.07, 6.45) is 7.41. The van der Waals surface area contributed by atoms with Gasteiger partial charge in [-0.1, -0.05) is 58.1 Å². The Bertz CT molecular complexity index is 1150. The molecule has 0 amide bonds. The fourth-order valence-corrected chi connectivity index (χ4v) is 5.29. The highest BCUT2D eigenvalue weighted by molar-refractivity contribution is 7.92. The minimum absolute atomic E-state index is 0.0796. The average molecular weight is 471 g/mol. The minimum Gasteiger partial charge on any atom is -0.309 e. The Kier molecular flexibility index (Phi) is 7.24. The topological polar surface area (TPSA) is 67.2 Å². The van der Waals surface area contributed by atoms with Crippen LogP contribution in [0.3, 0.4) is 0 Å². The average Bonchev–Trinajstić information content (AvgIpc) is 2.96. The third kappa shape index (κ3) is 5.76. The molecule has 6 nitrogen and oxygen atoms in total. The van der Waals surface area contributed by atoms with Crippen LogP contribution in [0.2, 0.25) is 0 Å². The van der Waals surface area contributed by atoms with Crippen LogP contribution in [0.15, 0.2) is 47.4 Å². The maximum atomic E-state index is 13.2. The maximum Gasteiger partial charge on any atom is 0.262 e. The van der Waals surface area contributed by atoms with Gasteiger partial charge in [0.15, 0.2) is 0 Å². The highest BCUT2D eigenvalue weighted by Gasteiger charge is 2.29. The quantitative estimate of drug-likeness (QED) is 0.597. The van der Waals surface area contributed by atoms with Gasteiger partial charge in [0.05, 0.1) is 22.0 Å². The van der Waals surface area contributed by atoms with Gasteiger partial charge in [0, 0.05) is 13.6 Å². The van der Waals surface area contributed by atoms with E-state index in [1.807, 2.05) is 26.1 Å². The molecule has 180 valence electrons. The van der Waals surface area contributed by atoms with Crippen molar-refractivity contribution in [2.75, 3.05) is 25.4 Å². The van der Waals surface area contributed by atoms with E-state index in [1.54, 1.807) is 16.8 Å². The first-order chi connectivity index (χ1) is 15.3. The van der Waals surface area contributed by atoms with Crippen molar-refractivity contribution < 1.29 is 8.42 Å². The van der Waals surface area contributed by atoms with Gasteiger partial charge in [-0.25, -0.2) is 8.42 Å². The smallest absolute Gasteiger partial charge is 0.262 e. The number of aromatic nitrogens is 2. The van der Waals surface area contributed by atoms with E-state index in [4.69, 9.17) is 0 Å². The first-order valence-corrected chi connectivity index (χ1v) is 13.0. The van der Waals surface area contributed by atoms with Crippen LogP contribution in [0.25, 0.3) is 5.57 Å². The molecule has 3 rings (SSSR count). The molecule has 0 bridgehead atoms. The Morgan fingerprint density at radius 1 is 1.18 bits per heavy atom. The molecule has 7 heteroatoms. The molecule has 1 aliphatic carbocycles. The van der Waals surface area contributed by atoms with Gasteiger partial charge >= 0.3 is 0 Å². The van der Waals surface area contributed by atoms with Crippen LogP contribution in [0.1, 0.15) is 44.6 Å². The zero-order valence-electron chi connectivity index (χ0n) is 21.2. The predicted molar refractivity (Wildman–Crippen MR) is 137 cm³/mol. The number of hydrogen-bond acceptors (Lipinski definition) is 4. The number of rotatable bonds is 8.